The van der Waals surface area contributed by atoms with Crippen LogP contribution in [0.25, 0.3) is 0 Å². The number of hydrogen-bond acceptors (Lipinski definition) is 6. The standard InChI is InChI=1S/C17H16ClN3O5S/c18-12-7-13-14(26-10-17(23)21-13)8-15(12)27(24,25)6-4-16(22)20-9-11-3-1-2-5-19-11/h1-3,5,7-8H,4,6,9-10H2,(H,20,22)(H,21,23). The van der Waals surface area contributed by atoms with Gasteiger partial charge >= 0.3 is 0 Å². The van der Waals surface area contributed by atoms with E-state index < -0.39 is 21.5 Å². The zero-order valence-corrected chi connectivity index (χ0v) is 15.6. The van der Waals surface area contributed by atoms with Crippen molar-refractivity contribution in [2.75, 3.05) is 17.7 Å². The lowest BCUT2D eigenvalue weighted by Gasteiger charge is -2.19. The Morgan fingerprint density at radius 3 is 2.89 bits per heavy atom. The zero-order valence-electron chi connectivity index (χ0n) is 14.1. The highest BCUT2D eigenvalue weighted by atomic mass is 35.5. The third-order valence-corrected chi connectivity index (χ3v) is 5.97. The number of anilines is 1. The third kappa shape index (κ3) is 4.75. The maximum Gasteiger partial charge on any atom is 0.262 e. The molecule has 0 saturated carbocycles. The molecule has 0 aliphatic carbocycles. The lowest BCUT2D eigenvalue weighted by Crippen LogP contribution is -2.26. The van der Waals surface area contributed by atoms with Crippen LogP contribution in [0.4, 0.5) is 5.69 Å². The van der Waals surface area contributed by atoms with E-state index in [1.165, 1.54) is 12.1 Å². The largest absolute Gasteiger partial charge is 0.482 e. The number of fused-ring (bicyclic) bond motifs is 1. The van der Waals surface area contributed by atoms with Crippen LogP contribution in [0.5, 0.6) is 5.75 Å². The molecule has 1 aromatic carbocycles. The van der Waals surface area contributed by atoms with Crippen LogP contribution in [0.15, 0.2) is 41.4 Å². The maximum absolute atomic E-state index is 12.6. The molecule has 1 aliphatic rings. The summed E-state index contributed by atoms with van der Waals surface area (Å²) in [5.74, 6) is -0.955. The fraction of sp³-hybridized carbons (Fsp3) is 0.235. The molecule has 0 atom stereocenters. The van der Waals surface area contributed by atoms with Gasteiger partial charge in [0.15, 0.2) is 16.4 Å². The van der Waals surface area contributed by atoms with Gasteiger partial charge in [0, 0.05) is 18.7 Å². The van der Waals surface area contributed by atoms with Crippen molar-refractivity contribution in [3.63, 3.8) is 0 Å². The van der Waals surface area contributed by atoms with E-state index in [1.807, 2.05) is 0 Å². The zero-order chi connectivity index (χ0) is 19.4. The van der Waals surface area contributed by atoms with Crippen LogP contribution in [0.2, 0.25) is 5.02 Å². The second-order valence-corrected chi connectivity index (χ2v) is 8.27. The Hall–Kier alpha value is -2.65. The minimum Gasteiger partial charge on any atom is -0.482 e. The summed E-state index contributed by atoms with van der Waals surface area (Å²) in [5.41, 5.74) is 0.980. The first-order valence-electron chi connectivity index (χ1n) is 8.01. The van der Waals surface area contributed by atoms with Crippen LogP contribution in [0, 0.1) is 0 Å². The summed E-state index contributed by atoms with van der Waals surface area (Å²) in [6.07, 6.45) is 1.38. The summed E-state index contributed by atoms with van der Waals surface area (Å²) in [6.45, 7) is 0.0108. The number of halogens is 1. The lowest BCUT2D eigenvalue weighted by molar-refractivity contribution is -0.121. The molecule has 2 aromatic rings. The van der Waals surface area contributed by atoms with Gasteiger partial charge in [-0.05, 0) is 18.2 Å². The van der Waals surface area contributed by atoms with Gasteiger partial charge < -0.3 is 15.4 Å². The summed E-state index contributed by atoms with van der Waals surface area (Å²) < 4.78 is 30.3. The van der Waals surface area contributed by atoms with Crippen LogP contribution in [0.3, 0.4) is 0 Å². The van der Waals surface area contributed by atoms with E-state index in [2.05, 4.69) is 15.6 Å². The van der Waals surface area contributed by atoms with Gasteiger partial charge in [-0.25, -0.2) is 8.42 Å². The van der Waals surface area contributed by atoms with Gasteiger partial charge in [0.05, 0.1) is 33.6 Å². The van der Waals surface area contributed by atoms with Crippen molar-refractivity contribution in [2.24, 2.45) is 0 Å². The number of carbonyl (C=O) groups excluding carboxylic acids is 2. The van der Waals surface area contributed by atoms with Gasteiger partial charge in [-0.15, -0.1) is 0 Å². The molecule has 27 heavy (non-hydrogen) atoms. The molecule has 1 aliphatic heterocycles. The predicted octanol–water partition coefficient (Wildman–Crippen LogP) is 1.55. The van der Waals surface area contributed by atoms with Gasteiger partial charge in [0.1, 0.15) is 5.75 Å². The molecule has 2 N–H and O–H groups in total. The van der Waals surface area contributed by atoms with E-state index in [0.717, 1.165) is 0 Å². The average molecular weight is 410 g/mol. The third-order valence-electron chi connectivity index (χ3n) is 3.79. The van der Waals surface area contributed by atoms with Crippen LogP contribution < -0.4 is 15.4 Å². The van der Waals surface area contributed by atoms with E-state index in [4.69, 9.17) is 16.3 Å². The van der Waals surface area contributed by atoms with Crippen molar-refractivity contribution in [1.82, 2.24) is 10.3 Å². The number of rotatable bonds is 6. The maximum atomic E-state index is 12.6. The number of carbonyl (C=O) groups is 2. The van der Waals surface area contributed by atoms with Crippen molar-refractivity contribution in [1.29, 1.82) is 0 Å². The summed E-state index contributed by atoms with van der Waals surface area (Å²) >= 11 is 6.06. The van der Waals surface area contributed by atoms with Crippen molar-refractivity contribution >= 4 is 38.9 Å². The number of aromatic nitrogens is 1. The fourth-order valence-corrected chi connectivity index (χ4v) is 4.27. The predicted molar refractivity (Wildman–Crippen MR) is 98.3 cm³/mol. The molecule has 3 rings (SSSR count). The Morgan fingerprint density at radius 1 is 1.33 bits per heavy atom. The van der Waals surface area contributed by atoms with Gasteiger partial charge in [0.25, 0.3) is 5.91 Å². The molecule has 1 aromatic heterocycles. The van der Waals surface area contributed by atoms with Crippen molar-refractivity contribution in [2.45, 2.75) is 17.9 Å². The molecule has 8 nitrogen and oxygen atoms in total. The Balaban J connectivity index is 1.64. The number of pyridine rings is 1. The lowest BCUT2D eigenvalue weighted by atomic mass is 10.2. The minimum absolute atomic E-state index is 0.0477. The van der Waals surface area contributed by atoms with Crippen LogP contribution in [-0.2, 0) is 26.0 Å². The summed E-state index contributed by atoms with van der Waals surface area (Å²) in [4.78, 5) is 27.2. The average Bonchev–Trinajstić information content (AvgIpc) is 2.65. The Bertz CT molecular complexity index is 980. The van der Waals surface area contributed by atoms with E-state index in [-0.39, 0.29) is 41.1 Å². The number of hydrogen-bond donors (Lipinski definition) is 2. The minimum atomic E-state index is -3.82. The smallest absolute Gasteiger partial charge is 0.262 e. The normalized spacial score (nSPS) is 13.3. The molecular weight excluding hydrogens is 394 g/mol. The molecule has 142 valence electrons. The summed E-state index contributed by atoms with van der Waals surface area (Å²) in [5, 5.41) is 5.12. The number of nitrogens with one attached hydrogen (secondary N) is 2. The number of amides is 2. The highest BCUT2D eigenvalue weighted by Crippen LogP contribution is 2.36. The summed E-state index contributed by atoms with van der Waals surface area (Å²) in [6, 6.07) is 7.89. The number of nitrogens with zero attached hydrogens (tertiary/aromatic N) is 1. The SMILES string of the molecule is O=C(CCS(=O)(=O)c1cc2c(cc1Cl)NC(=O)CO2)NCc1ccccn1. The van der Waals surface area contributed by atoms with E-state index in [9.17, 15) is 18.0 Å². The topological polar surface area (TPSA) is 114 Å². The Kier molecular flexibility index (Phi) is 5.62. The molecule has 0 unspecified atom stereocenters. The molecular formula is C17H16ClN3O5S. The van der Waals surface area contributed by atoms with Gasteiger partial charge in [-0.2, -0.15) is 0 Å². The highest BCUT2D eigenvalue weighted by Gasteiger charge is 2.25. The van der Waals surface area contributed by atoms with Crippen molar-refractivity contribution in [3.8, 4) is 5.75 Å². The molecule has 2 amide bonds. The monoisotopic (exact) mass is 409 g/mol. The number of sulfone groups is 1. The van der Waals surface area contributed by atoms with Gasteiger partial charge in [-0.3, -0.25) is 14.6 Å². The van der Waals surface area contributed by atoms with E-state index >= 15 is 0 Å². The number of benzene rings is 1. The molecule has 0 radical (unpaired) electrons. The number of ether oxygens (including phenoxy) is 1. The van der Waals surface area contributed by atoms with Crippen LogP contribution >= 0.6 is 11.6 Å². The molecule has 10 heteroatoms. The van der Waals surface area contributed by atoms with E-state index in [1.54, 1.807) is 24.4 Å². The van der Waals surface area contributed by atoms with E-state index in [0.29, 0.717) is 11.4 Å². The first-order chi connectivity index (χ1) is 12.8. The summed E-state index contributed by atoms with van der Waals surface area (Å²) in [7, 11) is -3.82. The second kappa shape index (κ2) is 7.93. The Morgan fingerprint density at radius 2 is 2.15 bits per heavy atom. The molecule has 0 spiro atoms. The molecule has 0 bridgehead atoms. The van der Waals surface area contributed by atoms with Gasteiger partial charge in [0.2, 0.25) is 5.91 Å². The molecule has 0 fully saturated rings. The highest BCUT2D eigenvalue weighted by molar-refractivity contribution is 7.91. The first kappa shape index (κ1) is 19.1. The van der Waals surface area contributed by atoms with Crippen LogP contribution in [-0.4, -0.2) is 37.6 Å². The van der Waals surface area contributed by atoms with Crippen molar-refractivity contribution in [3.05, 3.63) is 47.2 Å². The first-order valence-corrected chi connectivity index (χ1v) is 10.0. The van der Waals surface area contributed by atoms with Crippen molar-refractivity contribution < 1.29 is 22.7 Å². The van der Waals surface area contributed by atoms with Crippen LogP contribution in [0.1, 0.15) is 12.1 Å². The second-order valence-electron chi connectivity index (χ2n) is 5.78. The van der Waals surface area contributed by atoms with Gasteiger partial charge in [-0.1, -0.05) is 17.7 Å². The fourth-order valence-electron chi connectivity index (χ4n) is 2.44. The Labute approximate surface area is 160 Å². The molecule has 2 heterocycles. The quantitative estimate of drug-likeness (QED) is 0.748. The molecule has 0 saturated heterocycles.